The van der Waals surface area contributed by atoms with Crippen LogP contribution in [-0.2, 0) is 4.79 Å². The van der Waals surface area contributed by atoms with Crippen LogP contribution < -0.4 is 15.8 Å². The molecule has 154 valence electrons. The number of nitriles is 2. The number of carbonyl (C=O) groups is 1. The molecule has 31 heavy (non-hydrogen) atoms. The molecule has 0 aliphatic rings. The van der Waals surface area contributed by atoms with Gasteiger partial charge in [0.1, 0.15) is 34.3 Å². The first-order valence-corrected chi connectivity index (χ1v) is 10.2. The predicted octanol–water partition coefficient (Wildman–Crippen LogP) is 4.20. The van der Waals surface area contributed by atoms with E-state index in [9.17, 15) is 15.3 Å². The Labute approximate surface area is 184 Å². The second kappa shape index (κ2) is 9.66. The van der Waals surface area contributed by atoms with Crippen LogP contribution in [0.4, 0.5) is 11.5 Å². The van der Waals surface area contributed by atoms with Crippen molar-refractivity contribution in [1.29, 1.82) is 10.5 Å². The smallest absolute Gasteiger partial charge is 0.237 e. The van der Waals surface area contributed by atoms with E-state index in [0.29, 0.717) is 27.6 Å². The maximum Gasteiger partial charge on any atom is 0.237 e. The Balaban J connectivity index is 1.99. The quantitative estimate of drug-likeness (QED) is 0.563. The summed E-state index contributed by atoms with van der Waals surface area (Å²) < 4.78 is 5.18. The van der Waals surface area contributed by atoms with Crippen molar-refractivity contribution >= 4 is 29.2 Å². The summed E-state index contributed by atoms with van der Waals surface area (Å²) in [7, 11) is 1.55. The van der Waals surface area contributed by atoms with Gasteiger partial charge in [-0.2, -0.15) is 10.5 Å². The molecule has 0 bridgehead atoms. The van der Waals surface area contributed by atoms with Gasteiger partial charge in [-0.1, -0.05) is 42.1 Å². The van der Waals surface area contributed by atoms with Crippen LogP contribution in [0.2, 0.25) is 0 Å². The SMILES string of the molecule is COc1ccc(-c2c(C#N)c(N)nc(SC(C)C(=O)Nc3ccccc3)c2C#N)cc1. The molecule has 0 aliphatic carbocycles. The molecule has 0 radical (unpaired) electrons. The third kappa shape index (κ3) is 4.77. The molecule has 0 fully saturated rings. The molecule has 1 amide bonds. The van der Waals surface area contributed by atoms with E-state index in [1.165, 1.54) is 0 Å². The van der Waals surface area contributed by atoms with Crippen LogP contribution in [0.3, 0.4) is 0 Å². The number of ether oxygens (including phenoxy) is 1. The zero-order valence-corrected chi connectivity index (χ0v) is 17.7. The van der Waals surface area contributed by atoms with E-state index in [0.717, 1.165) is 11.8 Å². The molecule has 7 nitrogen and oxygen atoms in total. The van der Waals surface area contributed by atoms with E-state index >= 15 is 0 Å². The number of anilines is 2. The number of rotatable bonds is 6. The molecule has 3 N–H and O–H groups in total. The number of pyridine rings is 1. The minimum atomic E-state index is -0.559. The minimum Gasteiger partial charge on any atom is -0.497 e. The van der Waals surface area contributed by atoms with Crippen molar-refractivity contribution in [3.8, 4) is 29.0 Å². The number of nitrogens with zero attached hydrogens (tertiary/aromatic N) is 3. The second-order valence-corrected chi connectivity index (χ2v) is 7.82. The number of nitrogen functional groups attached to an aromatic ring is 1. The Morgan fingerprint density at radius 1 is 1.10 bits per heavy atom. The van der Waals surface area contributed by atoms with E-state index in [-0.39, 0.29) is 22.9 Å². The predicted molar refractivity (Wildman–Crippen MR) is 120 cm³/mol. The lowest BCUT2D eigenvalue weighted by atomic mass is 9.97. The van der Waals surface area contributed by atoms with Gasteiger partial charge in [-0.05, 0) is 36.8 Å². The average Bonchev–Trinajstić information content (AvgIpc) is 2.79. The Morgan fingerprint density at radius 2 is 1.74 bits per heavy atom. The first-order valence-electron chi connectivity index (χ1n) is 9.29. The number of nitrogens with two attached hydrogens (primary N) is 1. The third-order valence-corrected chi connectivity index (χ3v) is 5.58. The van der Waals surface area contributed by atoms with E-state index < -0.39 is 5.25 Å². The van der Waals surface area contributed by atoms with Gasteiger partial charge in [0.2, 0.25) is 5.91 Å². The summed E-state index contributed by atoms with van der Waals surface area (Å²) in [6, 6.07) is 20.2. The van der Waals surface area contributed by atoms with Crippen molar-refractivity contribution in [1.82, 2.24) is 4.98 Å². The highest BCUT2D eigenvalue weighted by Crippen LogP contribution is 2.37. The Morgan fingerprint density at radius 3 is 2.32 bits per heavy atom. The highest BCUT2D eigenvalue weighted by Gasteiger charge is 2.24. The van der Waals surface area contributed by atoms with Crippen molar-refractivity contribution in [3.63, 3.8) is 0 Å². The number of nitrogens with one attached hydrogen (secondary N) is 1. The molecule has 3 aromatic rings. The summed E-state index contributed by atoms with van der Waals surface area (Å²) in [5.41, 5.74) is 8.05. The molecule has 1 atom stereocenters. The van der Waals surface area contributed by atoms with Gasteiger partial charge in [0, 0.05) is 11.3 Å². The monoisotopic (exact) mass is 429 g/mol. The summed E-state index contributed by atoms with van der Waals surface area (Å²) in [5.74, 6) is 0.407. The Hall–Kier alpha value is -4.01. The van der Waals surface area contributed by atoms with E-state index in [1.807, 2.05) is 24.3 Å². The molecular formula is C23H19N5O2S. The summed E-state index contributed by atoms with van der Waals surface area (Å²) >= 11 is 1.11. The number of para-hydroxylation sites is 1. The fourth-order valence-corrected chi connectivity index (χ4v) is 3.83. The zero-order valence-electron chi connectivity index (χ0n) is 16.9. The average molecular weight is 430 g/mol. The molecular weight excluding hydrogens is 410 g/mol. The molecule has 0 saturated carbocycles. The van der Waals surface area contributed by atoms with Gasteiger partial charge < -0.3 is 15.8 Å². The number of benzene rings is 2. The van der Waals surface area contributed by atoms with Gasteiger partial charge in [0.25, 0.3) is 0 Å². The maximum absolute atomic E-state index is 12.6. The van der Waals surface area contributed by atoms with Crippen LogP contribution in [0.5, 0.6) is 5.75 Å². The lowest BCUT2D eigenvalue weighted by Gasteiger charge is -2.16. The normalized spacial score (nSPS) is 11.1. The van der Waals surface area contributed by atoms with Crippen molar-refractivity contribution in [3.05, 3.63) is 65.7 Å². The molecule has 8 heteroatoms. The lowest BCUT2D eigenvalue weighted by molar-refractivity contribution is -0.115. The number of hydrogen-bond acceptors (Lipinski definition) is 7. The van der Waals surface area contributed by atoms with E-state index in [4.69, 9.17) is 10.5 Å². The van der Waals surface area contributed by atoms with Crippen molar-refractivity contribution < 1.29 is 9.53 Å². The fourth-order valence-electron chi connectivity index (χ4n) is 2.92. The molecule has 2 aromatic carbocycles. The van der Waals surface area contributed by atoms with Crippen molar-refractivity contribution in [2.75, 3.05) is 18.2 Å². The summed E-state index contributed by atoms with van der Waals surface area (Å²) in [6.45, 7) is 1.72. The first kappa shape index (κ1) is 21.7. The molecule has 0 saturated heterocycles. The zero-order chi connectivity index (χ0) is 22.4. The molecule has 0 aliphatic heterocycles. The molecule has 0 spiro atoms. The summed E-state index contributed by atoms with van der Waals surface area (Å²) in [4.78, 5) is 16.9. The van der Waals surface area contributed by atoms with Crippen LogP contribution in [0.15, 0.2) is 59.6 Å². The Kier molecular flexibility index (Phi) is 6.76. The minimum absolute atomic E-state index is 0.00508. The highest BCUT2D eigenvalue weighted by atomic mass is 32.2. The topological polar surface area (TPSA) is 125 Å². The van der Waals surface area contributed by atoms with Crippen LogP contribution in [0, 0.1) is 22.7 Å². The van der Waals surface area contributed by atoms with E-state index in [2.05, 4.69) is 16.4 Å². The first-order chi connectivity index (χ1) is 15.0. The number of hydrogen-bond donors (Lipinski definition) is 2. The Bertz CT molecular complexity index is 1180. The summed E-state index contributed by atoms with van der Waals surface area (Å²) in [6.07, 6.45) is 0. The molecule has 3 rings (SSSR count). The number of carbonyl (C=O) groups excluding carboxylic acids is 1. The van der Waals surface area contributed by atoms with Crippen LogP contribution in [0.1, 0.15) is 18.1 Å². The fraction of sp³-hybridized carbons (Fsp3) is 0.130. The van der Waals surface area contributed by atoms with Crippen LogP contribution in [0.25, 0.3) is 11.1 Å². The van der Waals surface area contributed by atoms with Gasteiger partial charge in [0.15, 0.2) is 0 Å². The van der Waals surface area contributed by atoms with Gasteiger partial charge >= 0.3 is 0 Å². The molecule has 1 aromatic heterocycles. The van der Waals surface area contributed by atoms with Crippen molar-refractivity contribution in [2.24, 2.45) is 0 Å². The van der Waals surface area contributed by atoms with Crippen LogP contribution >= 0.6 is 11.8 Å². The summed E-state index contributed by atoms with van der Waals surface area (Å²) in [5, 5.41) is 22.1. The van der Waals surface area contributed by atoms with Gasteiger partial charge in [-0.15, -0.1) is 0 Å². The standard InChI is InChI=1S/C23H19N5O2S/c1-14(22(29)27-16-6-4-3-5-7-16)31-23-19(13-25)20(18(12-24)21(26)28-23)15-8-10-17(30-2)11-9-15/h3-11,14H,1-2H3,(H2,26,28)(H,27,29). The largest absolute Gasteiger partial charge is 0.497 e. The second-order valence-electron chi connectivity index (χ2n) is 6.49. The molecule has 1 heterocycles. The number of methoxy groups -OCH3 is 1. The number of amides is 1. The number of aromatic nitrogens is 1. The van der Waals surface area contributed by atoms with Gasteiger partial charge in [0.05, 0.1) is 17.9 Å². The lowest BCUT2D eigenvalue weighted by Crippen LogP contribution is -2.22. The maximum atomic E-state index is 12.6. The van der Waals surface area contributed by atoms with Gasteiger partial charge in [-0.25, -0.2) is 4.98 Å². The molecule has 1 unspecified atom stereocenters. The number of thioether (sulfide) groups is 1. The van der Waals surface area contributed by atoms with Crippen LogP contribution in [-0.4, -0.2) is 23.3 Å². The van der Waals surface area contributed by atoms with E-state index in [1.54, 1.807) is 50.4 Å². The highest BCUT2D eigenvalue weighted by molar-refractivity contribution is 8.00. The van der Waals surface area contributed by atoms with Crippen molar-refractivity contribution in [2.45, 2.75) is 17.2 Å². The third-order valence-electron chi connectivity index (χ3n) is 4.49. The van der Waals surface area contributed by atoms with Gasteiger partial charge in [-0.3, -0.25) is 4.79 Å².